The van der Waals surface area contributed by atoms with Gasteiger partial charge in [-0.15, -0.1) is 0 Å². The second-order valence-corrected chi connectivity index (χ2v) is 5.22. The van der Waals surface area contributed by atoms with Crippen LogP contribution in [0.5, 0.6) is 0 Å². The summed E-state index contributed by atoms with van der Waals surface area (Å²) in [4.78, 5) is 16.3. The van der Waals surface area contributed by atoms with Crippen LogP contribution in [0.4, 0.5) is 4.79 Å². The second-order valence-electron chi connectivity index (χ2n) is 5.22. The summed E-state index contributed by atoms with van der Waals surface area (Å²) in [5, 5.41) is 8.88. The number of ether oxygens (including phenoxy) is 1. The smallest absolute Gasteiger partial charge is 0.407 e. The van der Waals surface area contributed by atoms with Gasteiger partial charge in [-0.25, -0.2) is 4.79 Å². The maximum Gasteiger partial charge on any atom is 0.407 e. The number of aromatic nitrogens is 1. The second kappa shape index (κ2) is 7.85. The first-order valence-corrected chi connectivity index (χ1v) is 7.20. The third kappa shape index (κ3) is 4.81. The molecule has 1 aliphatic heterocycles. The Hall–Kier alpha value is -1.62. The fourth-order valence-corrected chi connectivity index (χ4v) is 2.50. The average molecular weight is 278 g/mol. The van der Waals surface area contributed by atoms with Crippen LogP contribution < -0.4 is 0 Å². The van der Waals surface area contributed by atoms with Crippen molar-refractivity contribution in [2.24, 2.45) is 5.92 Å². The molecule has 0 unspecified atom stereocenters. The Morgan fingerprint density at radius 2 is 2.00 bits per heavy atom. The van der Waals surface area contributed by atoms with Gasteiger partial charge in [-0.1, -0.05) is 0 Å². The highest BCUT2D eigenvalue weighted by molar-refractivity contribution is 5.64. The first kappa shape index (κ1) is 14.8. The van der Waals surface area contributed by atoms with Gasteiger partial charge in [0, 0.05) is 32.1 Å². The lowest BCUT2D eigenvalue weighted by molar-refractivity contribution is 0.0968. The first-order chi connectivity index (χ1) is 9.75. The van der Waals surface area contributed by atoms with Crippen LogP contribution >= 0.6 is 0 Å². The third-order valence-corrected chi connectivity index (χ3v) is 3.84. The van der Waals surface area contributed by atoms with Gasteiger partial charge < -0.3 is 14.7 Å². The molecule has 20 heavy (non-hydrogen) atoms. The lowest BCUT2D eigenvalue weighted by Gasteiger charge is -2.29. The molecule has 1 aromatic rings. The van der Waals surface area contributed by atoms with Crippen LogP contribution in [0, 0.1) is 5.92 Å². The number of hydrogen-bond acceptors (Lipinski definition) is 3. The minimum atomic E-state index is -0.794. The zero-order valence-electron chi connectivity index (χ0n) is 11.7. The van der Waals surface area contributed by atoms with E-state index in [4.69, 9.17) is 9.84 Å². The number of pyridine rings is 1. The van der Waals surface area contributed by atoms with E-state index in [9.17, 15) is 4.79 Å². The van der Waals surface area contributed by atoms with Gasteiger partial charge >= 0.3 is 6.09 Å². The van der Waals surface area contributed by atoms with E-state index in [0.29, 0.717) is 19.0 Å². The van der Waals surface area contributed by atoms with E-state index in [2.05, 4.69) is 4.98 Å². The monoisotopic (exact) mass is 278 g/mol. The Morgan fingerprint density at radius 3 is 2.65 bits per heavy atom. The number of nitrogens with zero attached hydrogens (tertiary/aromatic N) is 2. The van der Waals surface area contributed by atoms with Gasteiger partial charge in [-0.05, 0) is 49.3 Å². The number of amides is 1. The van der Waals surface area contributed by atoms with Crippen molar-refractivity contribution in [1.82, 2.24) is 9.88 Å². The molecular weight excluding hydrogens is 256 g/mol. The average Bonchev–Trinajstić information content (AvgIpc) is 2.48. The predicted octanol–water partition coefficient (Wildman–Crippen LogP) is 2.42. The fourth-order valence-electron chi connectivity index (χ4n) is 2.50. The van der Waals surface area contributed by atoms with Gasteiger partial charge in [0.1, 0.15) is 0 Å². The maximum absolute atomic E-state index is 10.8. The fraction of sp³-hybridized carbons (Fsp3) is 0.600. The van der Waals surface area contributed by atoms with Crippen molar-refractivity contribution in [1.29, 1.82) is 0 Å². The van der Waals surface area contributed by atoms with Gasteiger partial charge in [0.25, 0.3) is 0 Å². The van der Waals surface area contributed by atoms with Crippen molar-refractivity contribution in [3.05, 3.63) is 30.1 Å². The van der Waals surface area contributed by atoms with E-state index < -0.39 is 6.09 Å². The predicted molar refractivity (Wildman–Crippen MR) is 75.7 cm³/mol. The summed E-state index contributed by atoms with van der Waals surface area (Å²) in [5.74, 6) is 0.603. The number of carbonyl (C=O) groups is 1. The normalized spacial score (nSPS) is 16.3. The number of likely N-dealkylation sites (tertiary alicyclic amines) is 1. The summed E-state index contributed by atoms with van der Waals surface area (Å²) in [6.07, 6.45) is 6.66. The molecule has 0 spiro atoms. The van der Waals surface area contributed by atoms with E-state index in [1.165, 1.54) is 10.5 Å². The lowest BCUT2D eigenvalue weighted by Crippen LogP contribution is -2.37. The van der Waals surface area contributed by atoms with E-state index in [1.54, 1.807) is 12.4 Å². The molecule has 1 N–H and O–H groups in total. The number of piperidine rings is 1. The number of hydrogen-bond donors (Lipinski definition) is 1. The summed E-state index contributed by atoms with van der Waals surface area (Å²) in [6, 6.07) is 4.01. The molecule has 0 saturated carbocycles. The number of carboxylic acid groups (broad SMARTS) is 1. The van der Waals surface area contributed by atoms with Crippen molar-refractivity contribution in [2.75, 3.05) is 26.3 Å². The Balaban J connectivity index is 1.53. The van der Waals surface area contributed by atoms with Crippen molar-refractivity contribution in [2.45, 2.75) is 25.7 Å². The maximum atomic E-state index is 10.8. The summed E-state index contributed by atoms with van der Waals surface area (Å²) >= 11 is 0. The highest BCUT2D eigenvalue weighted by Crippen LogP contribution is 2.20. The Morgan fingerprint density at radius 1 is 1.30 bits per heavy atom. The zero-order valence-corrected chi connectivity index (χ0v) is 11.7. The molecular formula is C15H22N2O3. The van der Waals surface area contributed by atoms with Crippen molar-refractivity contribution in [3.63, 3.8) is 0 Å². The molecule has 1 fully saturated rings. The molecule has 2 heterocycles. The molecule has 0 radical (unpaired) electrons. The van der Waals surface area contributed by atoms with Crippen LogP contribution in [0.15, 0.2) is 24.5 Å². The highest BCUT2D eigenvalue weighted by Gasteiger charge is 2.21. The standard InChI is InChI=1S/C15H22N2O3/c18-15(19)17-9-3-14(4-10-17)6-12-20-11-5-13-1-7-16-8-2-13/h1-2,7-8,14H,3-6,9-12H2,(H,18,19). The molecule has 0 bridgehead atoms. The van der Waals surface area contributed by atoms with Crippen LogP contribution in [0.25, 0.3) is 0 Å². The SMILES string of the molecule is O=C(O)N1CCC(CCOCCc2ccncc2)CC1. The highest BCUT2D eigenvalue weighted by atomic mass is 16.5. The molecule has 0 atom stereocenters. The molecule has 5 heteroatoms. The zero-order chi connectivity index (χ0) is 14.2. The minimum absolute atomic E-state index is 0.603. The van der Waals surface area contributed by atoms with Crippen LogP contribution in [0.2, 0.25) is 0 Å². The van der Waals surface area contributed by atoms with Crippen molar-refractivity contribution in [3.8, 4) is 0 Å². The van der Waals surface area contributed by atoms with Gasteiger partial charge in [0.15, 0.2) is 0 Å². The third-order valence-electron chi connectivity index (χ3n) is 3.84. The molecule has 5 nitrogen and oxygen atoms in total. The molecule has 1 aromatic heterocycles. The lowest BCUT2D eigenvalue weighted by atomic mass is 9.94. The first-order valence-electron chi connectivity index (χ1n) is 7.20. The van der Waals surface area contributed by atoms with E-state index in [1.807, 2.05) is 12.1 Å². The summed E-state index contributed by atoms with van der Waals surface area (Å²) in [6.45, 7) is 2.83. The summed E-state index contributed by atoms with van der Waals surface area (Å²) < 4.78 is 5.66. The van der Waals surface area contributed by atoms with E-state index >= 15 is 0 Å². The molecule has 110 valence electrons. The Labute approximate surface area is 119 Å². The molecule has 0 aromatic carbocycles. The molecule has 1 aliphatic rings. The van der Waals surface area contributed by atoms with Crippen LogP contribution in [-0.4, -0.2) is 47.4 Å². The summed E-state index contributed by atoms with van der Waals surface area (Å²) in [5.41, 5.74) is 1.25. The molecule has 2 rings (SSSR count). The van der Waals surface area contributed by atoms with Crippen LogP contribution in [-0.2, 0) is 11.2 Å². The number of rotatable bonds is 6. The largest absolute Gasteiger partial charge is 0.465 e. The van der Waals surface area contributed by atoms with Crippen molar-refractivity contribution >= 4 is 6.09 Å². The van der Waals surface area contributed by atoms with Gasteiger partial charge in [0.05, 0.1) is 6.61 Å². The van der Waals surface area contributed by atoms with Gasteiger partial charge in [0.2, 0.25) is 0 Å². The Kier molecular flexibility index (Phi) is 5.80. The minimum Gasteiger partial charge on any atom is -0.465 e. The van der Waals surface area contributed by atoms with Crippen molar-refractivity contribution < 1.29 is 14.6 Å². The van der Waals surface area contributed by atoms with Crippen LogP contribution in [0.3, 0.4) is 0 Å². The van der Waals surface area contributed by atoms with E-state index in [0.717, 1.165) is 38.9 Å². The summed E-state index contributed by atoms with van der Waals surface area (Å²) in [7, 11) is 0. The quantitative estimate of drug-likeness (QED) is 0.812. The Bertz CT molecular complexity index is 403. The molecule has 1 saturated heterocycles. The van der Waals surface area contributed by atoms with Crippen LogP contribution in [0.1, 0.15) is 24.8 Å². The molecule has 1 amide bonds. The van der Waals surface area contributed by atoms with E-state index in [-0.39, 0.29) is 0 Å². The topological polar surface area (TPSA) is 62.7 Å². The van der Waals surface area contributed by atoms with Gasteiger partial charge in [-0.2, -0.15) is 0 Å². The van der Waals surface area contributed by atoms with Gasteiger partial charge in [-0.3, -0.25) is 4.98 Å². The molecule has 0 aliphatic carbocycles.